The summed E-state index contributed by atoms with van der Waals surface area (Å²) < 4.78 is 24.5. The smallest absolute Gasteiger partial charge is 0.211 e. The Morgan fingerprint density at radius 3 is 2.15 bits per heavy atom. The molecule has 0 saturated carbocycles. The Kier molecular flexibility index (Phi) is 7.43. The Bertz CT molecular complexity index is 363. The standard InChI is InChI=1S/C14H31N3O2S/c1-13(2)14(6-7-15)5-4-8-16-9-11-17(12-10-16)20(3,18)19/h13-14H,4-12,15H2,1-3H3. The van der Waals surface area contributed by atoms with Crippen LogP contribution in [-0.2, 0) is 10.0 Å². The number of sulfonamides is 1. The molecule has 0 aromatic carbocycles. The highest BCUT2D eigenvalue weighted by Gasteiger charge is 2.23. The summed E-state index contributed by atoms with van der Waals surface area (Å²) in [4.78, 5) is 2.38. The van der Waals surface area contributed by atoms with Crippen LogP contribution in [0.2, 0.25) is 0 Å². The van der Waals surface area contributed by atoms with E-state index in [9.17, 15) is 8.42 Å². The molecular weight excluding hydrogens is 274 g/mol. The predicted molar refractivity (Wildman–Crippen MR) is 84.1 cm³/mol. The van der Waals surface area contributed by atoms with Gasteiger partial charge < -0.3 is 10.6 Å². The lowest BCUT2D eigenvalue weighted by Crippen LogP contribution is -2.48. The average molecular weight is 305 g/mol. The van der Waals surface area contributed by atoms with Crippen LogP contribution in [0, 0.1) is 11.8 Å². The molecule has 120 valence electrons. The summed E-state index contributed by atoms with van der Waals surface area (Å²) in [5, 5.41) is 0. The van der Waals surface area contributed by atoms with Crippen LogP contribution in [0.1, 0.15) is 33.1 Å². The molecule has 0 aliphatic carbocycles. The summed E-state index contributed by atoms with van der Waals surface area (Å²) in [6.45, 7) is 9.37. The van der Waals surface area contributed by atoms with Crippen LogP contribution in [0.5, 0.6) is 0 Å². The van der Waals surface area contributed by atoms with E-state index in [0.717, 1.165) is 38.5 Å². The first-order valence-corrected chi connectivity index (χ1v) is 9.57. The van der Waals surface area contributed by atoms with E-state index < -0.39 is 10.0 Å². The van der Waals surface area contributed by atoms with E-state index in [4.69, 9.17) is 5.73 Å². The molecule has 1 saturated heterocycles. The quantitative estimate of drug-likeness (QED) is 0.725. The molecule has 0 aromatic heterocycles. The van der Waals surface area contributed by atoms with Crippen molar-refractivity contribution in [2.45, 2.75) is 33.1 Å². The van der Waals surface area contributed by atoms with E-state index in [0.29, 0.717) is 19.0 Å². The maximum absolute atomic E-state index is 11.4. The molecule has 20 heavy (non-hydrogen) atoms. The fraction of sp³-hybridized carbons (Fsp3) is 1.00. The van der Waals surface area contributed by atoms with Gasteiger partial charge in [0.25, 0.3) is 0 Å². The van der Waals surface area contributed by atoms with Crippen molar-refractivity contribution in [2.75, 3.05) is 45.5 Å². The van der Waals surface area contributed by atoms with Gasteiger partial charge in [0.2, 0.25) is 10.0 Å². The minimum absolute atomic E-state index is 0.634. The normalized spacial score (nSPS) is 20.4. The van der Waals surface area contributed by atoms with Gasteiger partial charge in [0, 0.05) is 26.2 Å². The first-order valence-electron chi connectivity index (χ1n) is 7.72. The maximum atomic E-state index is 11.4. The van der Waals surface area contributed by atoms with Crippen molar-refractivity contribution in [3.8, 4) is 0 Å². The van der Waals surface area contributed by atoms with Gasteiger partial charge in [-0.15, -0.1) is 0 Å². The van der Waals surface area contributed by atoms with Crippen molar-refractivity contribution in [2.24, 2.45) is 17.6 Å². The first-order chi connectivity index (χ1) is 9.34. The van der Waals surface area contributed by atoms with Gasteiger partial charge in [-0.2, -0.15) is 4.31 Å². The van der Waals surface area contributed by atoms with Crippen LogP contribution in [-0.4, -0.2) is 63.1 Å². The Morgan fingerprint density at radius 2 is 1.70 bits per heavy atom. The second-order valence-electron chi connectivity index (χ2n) is 6.23. The Hall–Kier alpha value is -0.170. The summed E-state index contributed by atoms with van der Waals surface area (Å²) in [6, 6.07) is 0. The largest absolute Gasteiger partial charge is 0.330 e. The van der Waals surface area contributed by atoms with Gasteiger partial charge in [0.1, 0.15) is 0 Å². The molecule has 0 aromatic rings. The second-order valence-corrected chi connectivity index (χ2v) is 8.21. The molecule has 1 aliphatic rings. The van der Waals surface area contributed by atoms with Crippen molar-refractivity contribution >= 4 is 10.0 Å². The molecule has 1 aliphatic heterocycles. The zero-order valence-corrected chi connectivity index (χ0v) is 14.0. The number of hydrogen-bond acceptors (Lipinski definition) is 4. The molecule has 0 spiro atoms. The van der Waals surface area contributed by atoms with Crippen LogP contribution < -0.4 is 5.73 Å². The van der Waals surface area contributed by atoms with Gasteiger partial charge in [-0.1, -0.05) is 13.8 Å². The number of rotatable bonds is 8. The number of hydrogen-bond donors (Lipinski definition) is 1. The van der Waals surface area contributed by atoms with Gasteiger partial charge in [0.05, 0.1) is 6.26 Å². The van der Waals surface area contributed by atoms with Crippen LogP contribution in [0.3, 0.4) is 0 Å². The molecule has 2 N–H and O–H groups in total. The zero-order valence-electron chi connectivity index (χ0n) is 13.2. The Morgan fingerprint density at radius 1 is 1.10 bits per heavy atom. The van der Waals surface area contributed by atoms with Crippen molar-refractivity contribution in [1.82, 2.24) is 9.21 Å². The van der Waals surface area contributed by atoms with Crippen LogP contribution in [0.15, 0.2) is 0 Å². The Labute approximate surface area is 124 Å². The molecule has 0 bridgehead atoms. The Balaban J connectivity index is 2.24. The van der Waals surface area contributed by atoms with Gasteiger partial charge >= 0.3 is 0 Å². The lowest BCUT2D eigenvalue weighted by Gasteiger charge is -2.33. The molecule has 1 fully saturated rings. The molecule has 5 nitrogen and oxygen atoms in total. The third kappa shape index (κ3) is 6.08. The summed E-state index contributed by atoms with van der Waals surface area (Å²) in [7, 11) is -3.01. The molecular formula is C14H31N3O2S. The summed E-state index contributed by atoms with van der Waals surface area (Å²) in [6.07, 6.45) is 4.81. The van der Waals surface area contributed by atoms with Crippen LogP contribution in [0.4, 0.5) is 0 Å². The summed E-state index contributed by atoms with van der Waals surface area (Å²) >= 11 is 0. The molecule has 1 unspecified atom stereocenters. The highest BCUT2D eigenvalue weighted by molar-refractivity contribution is 7.88. The third-order valence-corrected chi connectivity index (χ3v) is 5.63. The van der Waals surface area contributed by atoms with Crippen molar-refractivity contribution in [3.05, 3.63) is 0 Å². The molecule has 0 amide bonds. The molecule has 1 heterocycles. The van der Waals surface area contributed by atoms with Gasteiger partial charge in [-0.25, -0.2) is 8.42 Å². The van der Waals surface area contributed by atoms with Crippen LogP contribution in [0.25, 0.3) is 0 Å². The molecule has 0 radical (unpaired) electrons. The molecule has 1 atom stereocenters. The second kappa shape index (κ2) is 8.32. The topological polar surface area (TPSA) is 66.6 Å². The van der Waals surface area contributed by atoms with Gasteiger partial charge in [-0.3, -0.25) is 0 Å². The minimum atomic E-state index is -3.01. The third-order valence-electron chi connectivity index (χ3n) is 4.33. The highest BCUT2D eigenvalue weighted by Crippen LogP contribution is 2.20. The lowest BCUT2D eigenvalue weighted by molar-refractivity contribution is 0.180. The molecule has 1 rings (SSSR count). The minimum Gasteiger partial charge on any atom is -0.330 e. The van der Waals surface area contributed by atoms with E-state index >= 15 is 0 Å². The zero-order chi connectivity index (χ0) is 15.2. The van der Waals surface area contributed by atoms with Crippen molar-refractivity contribution < 1.29 is 8.42 Å². The van der Waals surface area contributed by atoms with Crippen LogP contribution >= 0.6 is 0 Å². The van der Waals surface area contributed by atoms with E-state index in [1.165, 1.54) is 19.1 Å². The average Bonchev–Trinajstić information content (AvgIpc) is 2.37. The van der Waals surface area contributed by atoms with Gasteiger partial charge in [0.15, 0.2) is 0 Å². The maximum Gasteiger partial charge on any atom is 0.211 e. The van der Waals surface area contributed by atoms with E-state index in [1.807, 2.05) is 0 Å². The number of nitrogens with two attached hydrogens (primary N) is 1. The summed E-state index contributed by atoms with van der Waals surface area (Å²) in [5.74, 6) is 1.41. The van der Waals surface area contributed by atoms with Gasteiger partial charge in [-0.05, 0) is 44.2 Å². The van der Waals surface area contributed by atoms with E-state index in [2.05, 4.69) is 18.7 Å². The summed E-state index contributed by atoms with van der Waals surface area (Å²) in [5.41, 5.74) is 5.66. The SMILES string of the molecule is CC(C)C(CCN)CCCN1CCN(S(C)(=O)=O)CC1. The first kappa shape index (κ1) is 17.9. The number of piperazine rings is 1. The van der Waals surface area contributed by atoms with E-state index in [1.54, 1.807) is 4.31 Å². The monoisotopic (exact) mass is 305 g/mol. The highest BCUT2D eigenvalue weighted by atomic mass is 32.2. The lowest BCUT2D eigenvalue weighted by atomic mass is 9.88. The predicted octanol–water partition coefficient (Wildman–Crippen LogP) is 0.965. The van der Waals surface area contributed by atoms with Crippen molar-refractivity contribution in [3.63, 3.8) is 0 Å². The van der Waals surface area contributed by atoms with E-state index in [-0.39, 0.29) is 0 Å². The molecule has 6 heteroatoms. The van der Waals surface area contributed by atoms with Crippen molar-refractivity contribution in [1.29, 1.82) is 0 Å². The fourth-order valence-electron chi connectivity index (χ4n) is 2.89. The fourth-order valence-corrected chi connectivity index (χ4v) is 3.71. The number of nitrogens with zero attached hydrogens (tertiary/aromatic N) is 2.